The molecule has 0 saturated heterocycles. The van der Waals surface area contributed by atoms with Gasteiger partial charge in [0.05, 0.1) is 10.6 Å². The monoisotopic (exact) mass is 245 g/mol. The van der Waals surface area contributed by atoms with E-state index in [1.54, 1.807) is 13.8 Å². The third kappa shape index (κ3) is 3.28. The average Bonchev–Trinajstić information content (AvgIpc) is 2.17. The number of hydrogen-bond donors (Lipinski definition) is 1. The van der Waals surface area contributed by atoms with Crippen LogP contribution in [0.15, 0.2) is 29.2 Å². The van der Waals surface area contributed by atoms with Crippen molar-refractivity contribution < 1.29 is 12.8 Å². The molecular weight excluding hydrogens is 229 g/mol. The van der Waals surface area contributed by atoms with Crippen molar-refractivity contribution in [3.05, 3.63) is 30.1 Å². The van der Waals surface area contributed by atoms with Crippen molar-refractivity contribution in [2.24, 2.45) is 11.1 Å². The Kier molecular flexibility index (Phi) is 3.70. The van der Waals surface area contributed by atoms with Crippen LogP contribution in [0.25, 0.3) is 0 Å². The maximum atomic E-state index is 12.7. The number of benzene rings is 1. The Morgan fingerprint density at radius 2 is 1.75 bits per heavy atom. The van der Waals surface area contributed by atoms with Gasteiger partial charge >= 0.3 is 0 Å². The van der Waals surface area contributed by atoms with Gasteiger partial charge in [0.15, 0.2) is 9.84 Å². The van der Waals surface area contributed by atoms with Crippen LogP contribution in [0.4, 0.5) is 4.39 Å². The molecule has 5 heteroatoms. The minimum Gasteiger partial charge on any atom is -0.330 e. The van der Waals surface area contributed by atoms with Crippen LogP contribution in [0.1, 0.15) is 13.8 Å². The summed E-state index contributed by atoms with van der Waals surface area (Å²) in [6.07, 6.45) is 0. The van der Waals surface area contributed by atoms with E-state index in [9.17, 15) is 12.8 Å². The molecule has 0 radical (unpaired) electrons. The first-order valence-corrected chi connectivity index (χ1v) is 6.60. The second kappa shape index (κ2) is 4.51. The van der Waals surface area contributed by atoms with Gasteiger partial charge in [-0.3, -0.25) is 0 Å². The Hall–Kier alpha value is -0.940. The fourth-order valence-corrected chi connectivity index (χ4v) is 3.16. The summed E-state index contributed by atoms with van der Waals surface area (Å²) in [5.41, 5.74) is 5.01. The Bertz CT molecular complexity index is 451. The van der Waals surface area contributed by atoms with Crippen LogP contribution in [-0.4, -0.2) is 20.7 Å². The molecule has 90 valence electrons. The zero-order valence-corrected chi connectivity index (χ0v) is 10.2. The van der Waals surface area contributed by atoms with E-state index in [2.05, 4.69) is 0 Å². The van der Waals surface area contributed by atoms with Gasteiger partial charge in [-0.2, -0.15) is 0 Å². The smallest absolute Gasteiger partial charge is 0.178 e. The molecule has 3 nitrogen and oxygen atoms in total. The second-order valence-electron chi connectivity index (χ2n) is 4.58. The van der Waals surface area contributed by atoms with Gasteiger partial charge in [-0.25, -0.2) is 12.8 Å². The first-order valence-electron chi connectivity index (χ1n) is 4.95. The topological polar surface area (TPSA) is 60.2 Å². The molecule has 1 aromatic rings. The summed E-state index contributed by atoms with van der Waals surface area (Å²) in [4.78, 5) is 0.135. The lowest BCUT2D eigenvalue weighted by Crippen LogP contribution is -2.31. The lowest BCUT2D eigenvalue weighted by molar-refractivity contribution is 0.425. The molecule has 0 bridgehead atoms. The van der Waals surface area contributed by atoms with Gasteiger partial charge in [0.1, 0.15) is 5.82 Å². The van der Waals surface area contributed by atoms with Crippen LogP contribution in [0, 0.1) is 11.2 Å². The number of sulfone groups is 1. The summed E-state index contributed by atoms with van der Waals surface area (Å²) in [5, 5.41) is 0. The molecule has 0 aliphatic heterocycles. The van der Waals surface area contributed by atoms with E-state index in [1.165, 1.54) is 12.1 Å². The van der Waals surface area contributed by atoms with Crippen molar-refractivity contribution >= 4 is 9.84 Å². The van der Waals surface area contributed by atoms with E-state index < -0.39 is 21.1 Å². The largest absolute Gasteiger partial charge is 0.330 e. The molecule has 0 aliphatic rings. The molecule has 1 aromatic carbocycles. The zero-order valence-electron chi connectivity index (χ0n) is 9.40. The Balaban J connectivity index is 2.99. The maximum absolute atomic E-state index is 12.7. The zero-order chi connectivity index (χ0) is 12.4. The van der Waals surface area contributed by atoms with Crippen LogP contribution in [0.3, 0.4) is 0 Å². The molecule has 1 rings (SSSR count). The molecule has 16 heavy (non-hydrogen) atoms. The molecule has 0 heterocycles. The highest BCUT2D eigenvalue weighted by Gasteiger charge is 2.26. The van der Waals surface area contributed by atoms with Crippen LogP contribution < -0.4 is 5.73 Å². The first kappa shape index (κ1) is 13.1. The van der Waals surface area contributed by atoms with Crippen molar-refractivity contribution in [1.29, 1.82) is 0 Å². The highest BCUT2D eigenvalue weighted by molar-refractivity contribution is 7.91. The van der Waals surface area contributed by atoms with Crippen LogP contribution in [0.5, 0.6) is 0 Å². The normalized spacial score (nSPS) is 12.8. The second-order valence-corrected chi connectivity index (χ2v) is 6.57. The lowest BCUT2D eigenvalue weighted by atomic mass is 9.97. The summed E-state index contributed by atoms with van der Waals surface area (Å²) < 4.78 is 36.5. The van der Waals surface area contributed by atoms with Crippen LogP contribution >= 0.6 is 0 Å². The number of halogens is 1. The SMILES string of the molecule is CC(C)(CN)CS(=O)(=O)c1ccc(F)cc1. The Morgan fingerprint density at radius 3 is 2.19 bits per heavy atom. The van der Waals surface area contributed by atoms with Crippen molar-refractivity contribution in [3.8, 4) is 0 Å². The fourth-order valence-electron chi connectivity index (χ4n) is 1.30. The molecule has 0 aliphatic carbocycles. The fraction of sp³-hybridized carbons (Fsp3) is 0.455. The number of rotatable bonds is 4. The van der Waals surface area contributed by atoms with E-state index in [0.29, 0.717) is 0 Å². The van der Waals surface area contributed by atoms with Gasteiger partial charge in [0, 0.05) is 0 Å². The molecular formula is C11H16FNO2S. The summed E-state index contributed by atoms with van der Waals surface area (Å²) in [6, 6.07) is 4.83. The van der Waals surface area contributed by atoms with Gasteiger partial charge < -0.3 is 5.73 Å². The highest BCUT2D eigenvalue weighted by atomic mass is 32.2. The maximum Gasteiger partial charge on any atom is 0.178 e. The summed E-state index contributed by atoms with van der Waals surface area (Å²) in [6.45, 7) is 3.86. The molecule has 0 spiro atoms. The molecule has 0 amide bonds. The third-order valence-corrected chi connectivity index (χ3v) is 4.46. The molecule has 2 N–H and O–H groups in total. The lowest BCUT2D eigenvalue weighted by Gasteiger charge is -2.21. The van der Waals surface area contributed by atoms with Gasteiger partial charge in [0.25, 0.3) is 0 Å². The van der Waals surface area contributed by atoms with Gasteiger partial charge in [-0.15, -0.1) is 0 Å². The molecule has 0 unspecified atom stereocenters. The van der Waals surface area contributed by atoms with E-state index in [-0.39, 0.29) is 17.2 Å². The van der Waals surface area contributed by atoms with Gasteiger partial charge in [-0.05, 0) is 36.2 Å². The van der Waals surface area contributed by atoms with E-state index in [1.807, 2.05) is 0 Å². The Morgan fingerprint density at radius 1 is 1.25 bits per heavy atom. The van der Waals surface area contributed by atoms with Crippen molar-refractivity contribution in [2.45, 2.75) is 18.7 Å². The van der Waals surface area contributed by atoms with E-state index in [4.69, 9.17) is 5.73 Å². The molecule has 0 atom stereocenters. The Labute approximate surface area is 95.4 Å². The number of nitrogens with two attached hydrogens (primary N) is 1. The highest BCUT2D eigenvalue weighted by Crippen LogP contribution is 2.21. The average molecular weight is 245 g/mol. The minimum absolute atomic E-state index is 0.0396. The summed E-state index contributed by atoms with van der Waals surface area (Å²) in [7, 11) is -3.39. The third-order valence-electron chi connectivity index (χ3n) is 2.31. The van der Waals surface area contributed by atoms with Crippen LogP contribution in [-0.2, 0) is 9.84 Å². The van der Waals surface area contributed by atoms with Crippen molar-refractivity contribution in [3.63, 3.8) is 0 Å². The molecule has 0 fully saturated rings. The number of hydrogen-bond acceptors (Lipinski definition) is 3. The first-order chi connectivity index (χ1) is 7.27. The summed E-state index contributed by atoms with van der Waals surface area (Å²) >= 11 is 0. The van der Waals surface area contributed by atoms with Gasteiger partial charge in [-0.1, -0.05) is 13.8 Å². The quantitative estimate of drug-likeness (QED) is 0.819. The predicted molar refractivity (Wildman–Crippen MR) is 61.3 cm³/mol. The minimum atomic E-state index is -3.39. The van der Waals surface area contributed by atoms with Crippen molar-refractivity contribution in [1.82, 2.24) is 0 Å². The van der Waals surface area contributed by atoms with E-state index in [0.717, 1.165) is 12.1 Å². The molecule has 0 saturated carbocycles. The molecule has 0 aromatic heterocycles. The van der Waals surface area contributed by atoms with Crippen molar-refractivity contribution in [2.75, 3.05) is 12.3 Å². The standard InChI is InChI=1S/C11H16FNO2S/c1-11(2,7-13)8-16(14,15)10-5-3-9(12)4-6-10/h3-6H,7-8,13H2,1-2H3. The predicted octanol–water partition coefficient (Wildman–Crippen LogP) is 1.58. The van der Waals surface area contributed by atoms with Gasteiger partial charge in [0.2, 0.25) is 0 Å². The summed E-state index contributed by atoms with van der Waals surface area (Å²) in [5.74, 6) is -0.487. The van der Waals surface area contributed by atoms with E-state index >= 15 is 0 Å². The van der Waals surface area contributed by atoms with Crippen LogP contribution in [0.2, 0.25) is 0 Å².